The molecule has 3 aromatic carbocycles. The quantitative estimate of drug-likeness (QED) is 0.339. The minimum atomic E-state index is -4.45. The molecule has 9 heteroatoms. The first-order valence-corrected chi connectivity index (χ1v) is 12.1. The van der Waals surface area contributed by atoms with Crippen molar-refractivity contribution < 1.29 is 32.6 Å². The highest BCUT2D eigenvalue weighted by Crippen LogP contribution is 2.36. The van der Waals surface area contributed by atoms with Crippen molar-refractivity contribution in [3.63, 3.8) is 0 Å². The molecule has 0 aliphatic carbocycles. The Hall–Kier alpha value is -4.14. The number of aliphatic carboxylic acids is 1. The van der Waals surface area contributed by atoms with Gasteiger partial charge < -0.3 is 9.84 Å². The number of halogens is 3. The fourth-order valence-electron chi connectivity index (χ4n) is 4.23. The Morgan fingerprint density at radius 1 is 0.974 bits per heavy atom. The van der Waals surface area contributed by atoms with E-state index in [0.717, 1.165) is 17.7 Å². The van der Waals surface area contributed by atoms with Crippen molar-refractivity contribution in [3.05, 3.63) is 95.6 Å². The number of hydrogen-bond acceptors (Lipinski definition) is 4. The number of benzene rings is 3. The summed E-state index contributed by atoms with van der Waals surface area (Å²) in [6, 6.07) is 20.3. The summed E-state index contributed by atoms with van der Waals surface area (Å²) in [6.45, 7) is 3.52. The Bertz CT molecular complexity index is 1320. The Labute approximate surface area is 218 Å². The van der Waals surface area contributed by atoms with Crippen molar-refractivity contribution in [2.75, 3.05) is 5.01 Å². The van der Waals surface area contributed by atoms with Gasteiger partial charge in [-0.2, -0.15) is 18.3 Å². The zero-order chi connectivity index (χ0) is 27.5. The zero-order valence-electron chi connectivity index (χ0n) is 20.9. The van der Waals surface area contributed by atoms with E-state index in [9.17, 15) is 27.9 Å². The fraction of sp³-hybridized carbons (Fsp3) is 0.276. The Kier molecular flexibility index (Phi) is 7.57. The van der Waals surface area contributed by atoms with Crippen LogP contribution in [0, 0.1) is 5.41 Å². The number of alkyl halides is 3. The predicted molar refractivity (Wildman–Crippen MR) is 137 cm³/mol. The molecule has 198 valence electrons. The van der Waals surface area contributed by atoms with Gasteiger partial charge >= 0.3 is 12.1 Å². The monoisotopic (exact) mass is 524 g/mol. The van der Waals surface area contributed by atoms with Gasteiger partial charge in [-0.1, -0.05) is 42.5 Å². The zero-order valence-corrected chi connectivity index (χ0v) is 20.9. The number of ether oxygens (including phenoxy) is 1. The van der Waals surface area contributed by atoms with Crippen LogP contribution in [0.5, 0.6) is 5.75 Å². The van der Waals surface area contributed by atoms with E-state index in [2.05, 4.69) is 5.10 Å². The molecule has 1 N–H and O–H groups in total. The normalized spacial score (nSPS) is 15.8. The topological polar surface area (TPSA) is 79.2 Å². The molecule has 1 aliphatic heterocycles. The first kappa shape index (κ1) is 26.9. The van der Waals surface area contributed by atoms with Crippen molar-refractivity contribution >= 4 is 23.3 Å². The number of nitrogens with zero attached hydrogens (tertiary/aromatic N) is 2. The van der Waals surface area contributed by atoms with Crippen LogP contribution in [0.2, 0.25) is 0 Å². The second-order valence-electron chi connectivity index (χ2n) is 9.58. The van der Waals surface area contributed by atoms with E-state index < -0.39 is 29.2 Å². The Morgan fingerprint density at radius 2 is 1.61 bits per heavy atom. The number of hydrazone groups is 1. The van der Waals surface area contributed by atoms with Crippen LogP contribution in [0.15, 0.2) is 84.0 Å². The van der Waals surface area contributed by atoms with Gasteiger partial charge in [0.1, 0.15) is 5.75 Å². The van der Waals surface area contributed by atoms with Crippen LogP contribution in [0.1, 0.15) is 49.5 Å². The first-order valence-electron chi connectivity index (χ1n) is 12.1. The number of carbonyl (C=O) groups excluding carboxylic acids is 1. The molecule has 1 amide bonds. The minimum Gasteiger partial charge on any atom is -0.478 e. The summed E-state index contributed by atoms with van der Waals surface area (Å²) in [4.78, 5) is 24.6. The summed E-state index contributed by atoms with van der Waals surface area (Å²) in [5, 5.41) is 15.2. The molecule has 1 heterocycles. The van der Waals surface area contributed by atoms with Gasteiger partial charge in [0.15, 0.2) is 0 Å². The molecule has 4 rings (SSSR count). The number of rotatable bonds is 9. The minimum absolute atomic E-state index is 0.289. The molecule has 0 bridgehead atoms. The molecule has 1 unspecified atom stereocenters. The number of carboxylic acid groups (broad SMARTS) is 1. The maximum atomic E-state index is 13.0. The highest BCUT2D eigenvalue weighted by Gasteiger charge is 2.43. The molecule has 0 radical (unpaired) electrons. The maximum Gasteiger partial charge on any atom is 0.416 e. The Balaban J connectivity index is 1.37. The Morgan fingerprint density at radius 3 is 2.18 bits per heavy atom. The molecule has 1 atom stereocenters. The van der Waals surface area contributed by atoms with Crippen LogP contribution in [0.3, 0.4) is 0 Å². The van der Waals surface area contributed by atoms with Gasteiger partial charge in [-0.3, -0.25) is 4.79 Å². The van der Waals surface area contributed by atoms with Crippen molar-refractivity contribution in [1.29, 1.82) is 0 Å². The van der Waals surface area contributed by atoms with E-state index >= 15 is 0 Å². The van der Waals surface area contributed by atoms with Crippen LogP contribution >= 0.6 is 0 Å². The number of aryl methyl sites for hydroxylation is 1. The van der Waals surface area contributed by atoms with Crippen LogP contribution < -0.4 is 9.75 Å². The SMILES string of the molecule is CC1(C)C(=O)N(c2ccc(C(F)(F)F)cc2)N=C1CCCc1ccc(OC(C(=O)O)c2ccccc2)cc1. The molecule has 0 aromatic heterocycles. The smallest absolute Gasteiger partial charge is 0.416 e. The molecular weight excluding hydrogens is 497 g/mol. The summed E-state index contributed by atoms with van der Waals surface area (Å²) in [5.41, 5.74) is 0.844. The van der Waals surface area contributed by atoms with Crippen LogP contribution in [0.4, 0.5) is 18.9 Å². The molecule has 0 saturated carbocycles. The average Bonchev–Trinajstić information content (AvgIpc) is 3.11. The lowest BCUT2D eigenvalue weighted by Gasteiger charge is -2.20. The number of anilines is 1. The summed E-state index contributed by atoms with van der Waals surface area (Å²) < 4.78 is 44.3. The van der Waals surface area contributed by atoms with Gasteiger partial charge in [-0.05, 0) is 75.1 Å². The molecule has 0 fully saturated rings. The lowest BCUT2D eigenvalue weighted by molar-refractivity contribution is -0.145. The fourth-order valence-corrected chi connectivity index (χ4v) is 4.23. The average molecular weight is 525 g/mol. The van der Waals surface area contributed by atoms with E-state index in [1.807, 2.05) is 12.1 Å². The van der Waals surface area contributed by atoms with Gasteiger partial charge in [-0.25, -0.2) is 9.80 Å². The molecule has 0 spiro atoms. The molecule has 1 aliphatic rings. The molecule has 38 heavy (non-hydrogen) atoms. The van der Waals surface area contributed by atoms with Crippen LogP contribution in [-0.2, 0) is 22.2 Å². The van der Waals surface area contributed by atoms with Crippen molar-refractivity contribution in [3.8, 4) is 5.75 Å². The van der Waals surface area contributed by atoms with Crippen molar-refractivity contribution in [2.24, 2.45) is 10.5 Å². The highest BCUT2D eigenvalue weighted by molar-refractivity contribution is 6.18. The second-order valence-corrected chi connectivity index (χ2v) is 9.58. The van der Waals surface area contributed by atoms with E-state index in [4.69, 9.17) is 4.74 Å². The van der Waals surface area contributed by atoms with Crippen LogP contribution in [0.25, 0.3) is 0 Å². The predicted octanol–water partition coefficient (Wildman–Crippen LogP) is 6.66. The standard InChI is InChI=1S/C29H27F3N2O4/c1-28(2)24(33-34(27(28)37)22-15-13-21(14-16-22)29(30,31)32)10-6-7-19-11-17-23(18-12-19)38-25(26(35)36)20-8-4-3-5-9-20/h3-5,8-9,11-18,25H,6-7,10H2,1-2H3,(H,35,36). The third kappa shape index (κ3) is 5.88. The highest BCUT2D eigenvalue weighted by atomic mass is 19.4. The van der Waals surface area contributed by atoms with Gasteiger partial charge in [0, 0.05) is 5.56 Å². The largest absolute Gasteiger partial charge is 0.478 e. The van der Waals surface area contributed by atoms with Gasteiger partial charge in [0.05, 0.1) is 22.4 Å². The third-order valence-corrected chi connectivity index (χ3v) is 6.49. The van der Waals surface area contributed by atoms with Crippen molar-refractivity contribution in [1.82, 2.24) is 0 Å². The molecule has 0 saturated heterocycles. The van der Waals surface area contributed by atoms with Crippen molar-refractivity contribution in [2.45, 2.75) is 45.4 Å². The molecule has 3 aromatic rings. The number of carboxylic acids is 1. The summed E-state index contributed by atoms with van der Waals surface area (Å²) in [6.07, 6.45) is -3.66. The summed E-state index contributed by atoms with van der Waals surface area (Å²) in [5.74, 6) is -0.940. The number of hydrogen-bond donors (Lipinski definition) is 1. The molecular formula is C29H27F3N2O4. The molecule has 6 nitrogen and oxygen atoms in total. The first-order chi connectivity index (χ1) is 18.0. The van der Waals surface area contributed by atoms with Gasteiger partial charge in [0.2, 0.25) is 6.10 Å². The summed E-state index contributed by atoms with van der Waals surface area (Å²) >= 11 is 0. The summed E-state index contributed by atoms with van der Waals surface area (Å²) in [7, 11) is 0. The van der Waals surface area contributed by atoms with Gasteiger partial charge in [0.25, 0.3) is 5.91 Å². The van der Waals surface area contributed by atoms with E-state index in [-0.39, 0.29) is 11.6 Å². The number of amides is 1. The third-order valence-electron chi connectivity index (χ3n) is 6.49. The lowest BCUT2D eigenvalue weighted by atomic mass is 9.84. The number of carbonyl (C=O) groups is 2. The second kappa shape index (κ2) is 10.7. The maximum absolute atomic E-state index is 13.0. The lowest BCUT2D eigenvalue weighted by Crippen LogP contribution is -2.34. The van der Waals surface area contributed by atoms with Crippen LogP contribution in [-0.4, -0.2) is 22.7 Å². The van der Waals surface area contributed by atoms with Gasteiger partial charge in [-0.15, -0.1) is 0 Å². The van der Waals surface area contributed by atoms with E-state index in [1.165, 1.54) is 17.1 Å². The van der Waals surface area contributed by atoms with E-state index in [1.54, 1.807) is 56.3 Å². The van der Waals surface area contributed by atoms with E-state index in [0.29, 0.717) is 36.3 Å².